The van der Waals surface area contributed by atoms with Crippen LogP contribution in [0.3, 0.4) is 0 Å². The summed E-state index contributed by atoms with van der Waals surface area (Å²) in [7, 11) is 0. The minimum absolute atomic E-state index is 0.140. The lowest BCUT2D eigenvalue weighted by Crippen LogP contribution is -2.24. The van der Waals surface area contributed by atoms with Crippen molar-refractivity contribution in [2.75, 3.05) is 13.2 Å². The number of carboxylic acid groups (broad SMARTS) is 1. The summed E-state index contributed by atoms with van der Waals surface area (Å²) in [6.07, 6.45) is 3.13. The summed E-state index contributed by atoms with van der Waals surface area (Å²) in [6.45, 7) is 6.66. The van der Waals surface area contributed by atoms with Crippen molar-refractivity contribution in [3.63, 3.8) is 0 Å². The Morgan fingerprint density at radius 3 is 2.63 bits per heavy atom. The van der Waals surface area contributed by atoms with Gasteiger partial charge < -0.3 is 19.4 Å². The molecule has 1 fully saturated rings. The number of rotatable bonds is 7. The molecule has 0 bridgehead atoms. The van der Waals surface area contributed by atoms with E-state index in [9.17, 15) is 15.0 Å². The van der Waals surface area contributed by atoms with Gasteiger partial charge in [0, 0.05) is 23.5 Å². The van der Waals surface area contributed by atoms with Gasteiger partial charge in [0.1, 0.15) is 17.0 Å². The molecule has 1 aliphatic rings. The Balaban J connectivity index is 1.60. The van der Waals surface area contributed by atoms with E-state index < -0.39 is 5.97 Å². The summed E-state index contributed by atoms with van der Waals surface area (Å²) in [5.74, 6) is 1.02. The fraction of sp³-hybridized carbons (Fsp3) is 0.379. The predicted molar refractivity (Wildman–Crippen MR) is 136 cm³/mol. The number of fused-ring (bicyclic) bond motifs is 2. The summed E-state index contributed by atoms with van der Waals surface area (Å²) >= 11 is 0. The monoisotopic (exact) mass is 473 g/mol. The van der Waals surface area contributed by atoms with E-state index in [0.717, 1.165) is 41.4 Å². The molecule has 1 saturated carbocycles. The quantitative estimate of drug-likeness (QED) is 0.323. The molecule has 2 aromatic carbocycles. The Bertz CT molecular complexity index is 1390. The van der Waals surface area contributed by atoms with Gasteiger partial charge in [-0.05, 0) is 62.3 Å². The molecule has 182 valence electrons. The number of aromatic carboxylic acids is 1. The number of aromatic nitrogens is 1. The van der Waals surface area contributed by atoms with Crippen LogP contribution >= 0.6 is 0 Å². The number of aryl methyl sites for hydroxylation is 2. The molecule has 2 N–H and O–H groups in total. The van der Waals surface area contributed by atoms with E-state index in [2.05, 4.69) is 6.92 Å². The van der Waals surface area contributed by atoms with Crippen molar-refractivity contribution in [2.24, 2.45) is 17.8 Å². The highest BCUT2D eigenvalue weighted by Crippen LogP contribution is 2.41. The van der Waals surface area contributed by atoms with Crippen molar-refractivity contribution < 1.29 is 24.2 Å². The Morgan fingerprint density at radius 1 is 1.14 bits per heavy atom. The topological polar surface area (TPSA) is 92.8 Å². The van der Waals surface area contributed by atoms with Crippen LogP contribution in [-0.2, 0) is 0 Å². The number of nitrogens with zero attached hydrogens (tertiary/aromatic N) is 1. The first-order valence-corrected chi connectivity index (χ1v) is 12.3. The molecule has 0 saturated heterocycles. The van der Waals surface area contributed by atoms with Gasteiger partial charge in [0.25, 0.3) is 0 Å². The van der Waals surface area contributed by atoms with Crippen LogP contribution < -0.4 is 4.74 Å². The molecule has 0 amide bonds. The maximum Gasteiger partial charge on any atom is 0.336 e. The maximum atomic E-state index is 12.4. The first-order valence-electron chi connectivity index (χ1n) is 12.3. The molecular formula is C29H31NO5. The average Bonchev–Trinajstić information content (AvgIpc) is 3.43. The molecule has 0 spiro atoms. The van der Waals surface area contributed by atoms with Crippen molar-refractivity contribution in [1.82, 2.24) is 4.98 Å². The molecule has 1 unspecified atom stereocenters. The smallest absolute Gasteiger partial charge is 0.336 e. The number of carbonyl (C=O) groups is 1. The van der Waals surface area contributed by atoms with Gasteiger partial charge in [-0.1, -0.05) is 37.6 Å². The SMILES string of the molecule is CC[C@H]1CC[C@@H](CO)C1COc1ccc(C)c2nc(-c3oc4ccccc4c3C)cc(C(=O)O)c12. The first kappa shape index (κ1) is 23.4. The number of hydrogen-bond donors (Lipinski definition) is 2. The minimum atomic E-state index is -1.04. The van der Waals surface area contributed by atoms with Crippen LogP contribution in [0, 0.1) is 31.6 Å². The lowest BCUT2D eigenvalue weighted by Gasteiger charge is -2.24. The van der Waals surface area contributed by atoms with Gasteiger partial charge in [0.05, 0.1) is 23.1 Å². The summed E-state index contributed by atoms with van der Waals surface area (Å²) in [5, 5.41) is 21.5. The standard InChI is InChI=1S/C29H31NO5/c1-4-18-10-11-19(14-31)22(18)15-34-25-12-9-16(2)27-26(25)21(29(32)33)13-23(30-27)28-17(3)20-7-5-6-8-24(20)35-28/h5-9,12-13,18-19,22,31H,4,10-11,14-15H2,1-3H3,(H,32,33)/t18-,19-,22?/m0/s1. The average molecular weight is 474 g/mol. The van der Waals surface area contributed by atoms with E-state index in [4.69, 9.17) is 14.1 Å². The highest BCUT2D eigenvalue weighted by molar-refractivity contribution is 6.07. The van der Waals surface area contributed by atoms with E-state index >= 15 is 0 Å². The number of ether oxygens (including phenoxy) is 1. The Labute approximate surface area is 204 Å². The molecule has 4 aromatic rings. The van der Waals surface area contributed by atoms with E-state index in [0.29, 0.717) is 40.6 Å². The summed E-state index contributed by atoms with van der Waals surface area (Å²) in [5.41, 5.74) is 3.76. The van der Waals surface area contributed by atoms with Crippen LogP contribution in [-0.4, -0.2) is 34.4 Å². The fourth-order valence-corrected chi connectivity index (χ4v) is 5.70. The number of pyridine rings is 1. The zero-order chi connectivity index (χ0) is 24.7. The Hall–Kier alpha value is -3.38. The number of para-hydroxylation sites is 1. The summed E-state index contributed by atoms with van der Waals surface area (Å²) in [4.78, 5) is 17.3. The van der Waals surface area contributed by atoms with Crippen LogP contribution in [0.25, 0.3) is 33.3 Å². The number of furan rings is 1. The number of carboxylic acids is 1. The van der Waals surface area contributed by atoms with Crippen LogP contribution in [0.2, 0.25) is 0 Å². The molecule has 6 heteroatoms. The first-order chi connectivity index (χ1) is 16.9. The Kier molecular flexibility index (Phi) is 6.24. The van der Waals surface area contributed by atoms with Crippen molar-refractivity contribution in [3.8, 4) is 17.2 Å². The van der Waals surface area contributed by atoms with Crippen molar-refractivity contribution in [1.29, 1.82) is 0 Å². The van der Waals surface area contributed by atoms with Gasteiger partial charge in [0.2, 0.25) is 0 Å². The third kappa shape index (κ3) is 4.06. The Morgan fingerprint density at radius 2 is 1.91 bits per heavy atom. The van der Waals surface area contributed by atoms with Crippen LogP contribution in [0.5, 0.6) is 5.75 Å². The lowest BCUT2D eigenvalue weighted by molar-refractivity contribution is 0.0698. The number of hydrogen-bond acceptors (Lipinski definition) is 5. The number of aliphatic hydroxyl groups is 1. The second-order valence-electron chi connectivity index (χ2n) is 9.68. The van der Waals surface area contributed by atoms with Gasteiger partial charge in [-0.3, -0.25) is 0 Å². The van der Waals surface area contributed by atoms with Crippen LogP contribution in [0.1, 0.15) is 47.7 Å². The third-order valence-corrected chi connectivity index (χ3v) is 7.74. The van der Waals surface area contributed by atoms with Gasteiger partial charge in [-0.25, -0.2) is 9.78 Å². The second-order valence-corrected chi connectivity index (χ2v) is 9.68. The fourth-order valence-electron chi connectivity index (χ4n) is 5.70. The largest absolute Gasteiger partial charge is 0.493 e. The summed E-state index contributed by atoms with van der Waals surface area (Å²) < 4.78 is 12.4. The number of aliphatic hydroxyl groups excluding tert-OH is 1. The zero-order valence-electron chi connectivity index (χ0n) is 20.4. The van der Waals surface area contributed by atoms with Gasteiger partial charge in [-0.2, -0.15) is 0 Å². The molecule has 6 nitrogen and oxygen atoms in total. The van der Waals surface area contributed by atoms with Gasteiger partial charge >= 0.3 is 5.97 Å². The lowest BCUT2D eigenvalue weighted by atomic mass is 9.89. The normalized spacial score (nSPS) is 20.1. The van der Waals surface area contributed by atoms with Gasteiger partial charge in [-0.15, -0.1) is 0 Å². The molecule has 2 aromatic heterocycles. The molecule has 3 atom stereocenters. The summed E-state index contributed by atoms with van der Waals surface area (Å²) in [6, 6.07) is 13.1. The third-order valence-electron chi connectivity index (χ3n) is 7.74. The molecule has 0 aliphatic heterocycles. The van der Waals surface area contributed by atoms with E-state index in [-0.39, 0.29) is 24.0 Å². The molecule has 5 rings (SSSR count). The number of benzene rings is 2. The molecular weight excluding hydrogens is 442 g/mol. The van der Waals surface area contributed by atoms with Crippen LogP contribution in [0.4, 0.5) is 0 Å². The molecule has 1 aliphatic carbocycles. The van der Waals surface area contributed by atoms with E-state index in [1.165, 1.54) is 0 Å². The second kappa shape index (κ2) is 9.34. The molecule has 35 heavy (non-hydrogen) atoms. The van der Waals surface area contributed by atoms with Gasteiger partial charge in [0.15, 0.2) is 5.76 Å². The maximum absolute atomic E-state index is 12.4. The van der Waals surface area contributed by atoms with E-state index in [1.54, 1.807) is 6.07 Å². The highest BCUT2D eigenvalue weighted by Gasteiger charge is 2.35. The van der Waals surface area contributed by atoms with Crippen molar-refractivity contribution in [2.45, 2.75) is 40.0 Å². The van der Waals surface area contributed by atoms with Crippen molar-refractivity contribution >= 4 is 27.8 Å². The van der Waals surface area contributed by atoms with E-state index in [1.807, 2.05) is 50.2 Å². The highest BCUT2D eigenvalue weighted by atomic mass is 16.5. The molecule has 2 heterocycles. The molecule has 0 radical (unpaired) electrons. The van der Waals surface area contributed by atoms with Crippen molar-refractivity contribution in [3.05, 3.63) is 59.2 Å². The predicted octanol–water partition coefficient (Wildman–Crippen LogP) is 6.39. The van der Waals surface area contributed by atoms with Crippen LogP contribution in [0.15, 0.2) is 46.9 Å². The minimum Gasteiger partial charge on any atom is -0.493 e. The zero-order valence-corrected chi connectivity index (χ0v) is 20.4.